The van der Waals surface area contributed by atoms with Crippen molar-refractivity contribution in [3.05, 3.63) is 29.8 Å². The van der Waals surface area contributed by atoms with Gasteiger partial charge in [0.2, 0.25) is 5.91 Å². The van der Waals surface area contributed by atoms with E-state index in [0.717, 1.165) is 17.0 Å². The van der Waals surface area contributed by atoms with Crippen molar-refractivity contribution in [1.82, 2.24) is 5.43 Å². The maximum Gasteiger partial charge on any atom is 0.221 e. The summed E-state index contributed by atoms with van der Waals surface area (Å²) < 4.78 is 0. The van der Waals surface area contributed by atoms with Crippen molar-refractivity contribution in [2.45, 2.75) is 13.8 Å². The Balaban J connectivity index is 2.76. The van der Waals surface area contributed by atoms with Crippen LogP contribution in [-0.2, 0) is 4.79 Å². The van der Waals surface area contributed by atoms with Crippen molar-refractivity contribution in [1.29, 1.82) is 0 Å². The van der Waals surface area contributed by atoms with E-state index in [-0.39, 0.29) is 11.0 Å². The zero-order valence-electron chi connectivity index (χ0n) is 9.65. The van der Waals surface area contributed by atoms with E-state index in [4.69, 9.17) is 5.73 Å². The summed E-state index contributed by atoms with van der Waals surface area (Å²) in [6.07, 6.45) is 0. The summed E-state index contributed by atoms with van der Waals surface area (Å²) in [5.41, 5.74) is 10.2. The summed E-state index contributed by atoms with van der Waals surface area (Å²) in [6, 6.07) is 7.31. The van der Waals surface area contributed by atoms with E-state index in [0.29, 0.717) is 0 Å². The molecule has 6 heteroatoms. The van der Waals surface area contributed by atoms with Gasteiger partial charge in [-0.05, 0) is 36.8 Å². The normalized spacial score (nSPS) is 10.8. The van der Waals surface area contributed by atoms with Crippen molar-refractivity contribution in [3.8, 4) is 0 Å². The second-order valence-corrected chi connectivity index (χ2v) is 3.87. The molecule has 0 radical (unpaired) electrons. The zero-order chi connectivity index (χ0) is 12.8. The molecule has 0 atom stereocenters. The number of carbonyl (C=O) groups excluding carboxylic acids is 1. The number of thiocarbonyl (C=S) groups is 1. The van der Waals surface area contributed by atoms with E-state index in [9.17, 15) is 4.79 Å². The van der Waals surface area contributed by atoms with Crippen molar-refractivity contribution in [3.63, 3.8) is 0 Å². The van der Waals surface area contributed by atoms with Gasteiger partial charge in [-0.25, -0.2) is 0 Å². The van der Waals surface area contributed by atoms with E-state index < -0.39 is 0 Å². The summed E-state index contributed by atoms with van der Waals surface area (Å²) >= 11 is 4.64. The lowest BCUT2D eigenvalue weighted by molar-refractivity contribution is -0.114. The Bertz CT molecular complexity index is 453. The molecule has 4 N–H and O–H groups in total. The summed E-state index contributed by atoms with van der Waals surface area (Å²) in [4.78, 5) is 10.8. The van der Waals surface area contributed by atoms with Crippen molar-refractivity contribution in [2.24, 2.45) is 10.8 Å². The number of nitrogens with zero attached hydrogens (tertiary/aromatic N) is 1. The quantitative estimate of drug-likeness (QED) is 0.428. The molecular formula is C11H14N4OS. The highest BCUT2D eigenvalue weighted by Crippen LogP contribution is 2.10. The monoisotopic (exact) mass is 250 g/mol. The second kappa shape index (κ2) is 5.95. The van der Waals surface area contributed by atoms with Crippen LogP contribution in [0.1, 0.15) is 19.4 Å². The Morgan fingerprint density at radius 2 is 1.88 bits per heavy atom. The van der Waals surface area contributed by atoms with Crippen LogP contribution < -0.4 is 16.5 Å². The molecule has 0 aliphatic carbocycles. The van der Waals surface area contributed by atoms with Crippen molar-refractivity contribution in [2.75, 3.05) is 5.32 Å². The summed E-state index contributed by atoms with van der Waals surface area (Å²) in [5.74, 6) is -0.0988. The first-order chi connectivity index (χ1) is 7.99. The molecule has 1 amide bonds. The molecule has 0 saturated heterocycles. The molecule has 0 spiro atoms. The third kappa shape index (κ3) is 4.60. The van der Waals surface area contributed by atoms with Gasteiger partial charge in [0, 0.05) is 12.6 Å². The van der Waals surface area contributed by atoms with E-state index in [1.807, 2.05) is 19.1 Å². The minimum Gasteiger partial charge on any atom is -0.375 e. The third-order valence-corrected chi connectivity index (χ3v) is 2.05. The molecule has 1 aromatic rings. The molecule has 0 aliphatic rings. The molecule has 5 nitrogen and oxygen atoms in total. The highest BCUT2D eigenvalue weighted by molar-refractivity contribution is 7.80. The highest BCUT2D eigenvalue weighted by atomic mass is 32.1. The van der Waals surface area contributed by atoms with Crippen LogP contribution in [-0.4, -0.2) is 16.7 Å². The molecule has 0 heterocycles. The molecule has 0 fully saturated rings. The lowest BCUT2D eigenvalue weighted by atomic mass is 10.1. The van der Waals surface area contributed by atoms with Crippen molar-refractivity contribution >= 4 is 34.6 Å². The van der Waals surface area contributed by atoms with Gasteiger partial charge in [0.1, 0.15) is 0 Å². The topological polar surface area (TPSA) is 79.5 Å². The minimum absolute atomic E-state index is 0.0988. The highest BCUT2D eigenvalue weighted by Gasteiger charge is 1.99. The number of amides is 1. The van der Waals surface area contributed by atoms with E-state index >= 15 is 0 Å². The first kappa shape index (κ1) is 13.1. The molecular weight excluding hydrogens is 236 g/mol. The zero-order valence-corrected chi connectivity index (χ0v) is 10.5. The molecule has 0 aliphatic heterocycles. The molecule has 0 unspecified atom stereocenters. The average Bonchev–Trinajstić information content (AvgIpc) is 2.26. The Hall–Kier alpha value is -1.95. The Morgan fingerprint density at radius 3 is 2.35 bits per heavy atom. The predicted molar refractivity (Wildman–Crippen MR) is 72.9 cm³/mol. The van der Waals surface area contributed by atoms with Gasteiger partial charge in [-0.1, -0.05) is 12.1 Å². The number of nitrogens with two attached hydrogens (primary N) is 1. The van der Waals surface area contributed by atoms with Gasteiger partial charge >= 0.3 is 0 Å². The van der Waals surface area contributed by atoms with E-state index in [1.54, 1.807) is 12.1 Å². The Morgan fingerprint density at radius 1 is 1.29 bits per heavy atom. The van der Waals surface area contributed by atoms with Gasteiger partial charge in [0.15, 0.2) is 5.11 Å². The second-order valence-electron chi connectivity index (χ2n) is 3.43. The summed E-state index contributed by atoms with van der Waals surface area (Å²) in [6.45, 7) is 3.30. The number of anilines is 1. The molecule has 0 saturated carbocycles. The van der Waals surface area contributed by atoms with Crippen LogP contribution in [0, 0.1) is 0 Å². The summed E-state index contributed by atoms with van der Waals surface area (Å²) in [5, 5.41) is 6.81. The number of hydrogen-bond acceptors (Lipinski definition) is 3. The Labute approximate surface area is 105 Å². The standard InChI is InChI=1S/C11H14N4OS/c1-7(14-15-11(12)17)9-3-5-10(6-4-9)13-8(2)16/h3-6H,1-2H3,(H,13,16)(H3,12,15,17). The molecule has 0 aromatic heterocycles. The molecule has 17 heavy (non-hydrogen) atoms. The van der Waals surface area contributed by atoms with Crippen LogP contribution in [0.3, 0.4) is 0 Å². The minimum atomic E-state index is -0.0988. The number of hydrogen-bond donors (Lipinski definition) is 3. The first-order valence-electron chi connectivity index (χ1n) is 4.97. The van der Waals surface area contributed by atoms with Crippen LogP contribution in [0.15, 0.2) is 29.4 Å². The van der Waals surface area contributed by atoms with Gasteiger partial charge in [-0.2, -0.15) is 5.10 Å². The average molecular weight is 250 g/mol. The predicted octanol–water partition coefficient (Wildman–Crippen LogP) is 1.20. The molecule has 0 bridgehead atoms. The number of nitrogens with one attached hydrogen (secondary N) is 2. The smallest absolute Gasteiger partial charge is 0.221 e. The van der Waals surface area contributed by atoms with Crippen LogP contribution in [0.5, 0.6) is 0 Å². The van der Waals surface area contributed by atoms with Crippen LogP contribution in [0.25, 0.3) is 0 Å². The molecule has 1 rings (SSSR count). The summed E-state index contributed by atoms with van der Waals surface area (Å²) in [7, 11) is 0. The SMILES string of the molecule is CC(=O)Nc1ccc(C(C)=NNC(N)=S)cc1. The largest absolute Gasteiger partial charge is 0.375 e. The number of benzene rings is 1. The maximum absolute atomic E-state index is 10.8. The van der Waals surface area contributed by atoms with Crippen LogP contribution in [0.2, 0.25) is 0 Å². The van der Waals surface area contributed by atoms with E-state index in [1.165, 1.54) is 6.92 Å². The third-order valence-electron chi connectivity index (χ3n) is 1.96. The van der Waals surface area contributed by atoms with Crippen LogP contribution >= 0.6 is 12.2 Å². The van der Waals surface area contributed by atoms with E-state index in [2.05, 4.69) is 28.1 Å². The van der Waals surface area contributed by atoms with Gasteiger partial charge < -0.3 is 11.1 Å². The lowest BCUT2D eigenvalue weighted by Crippen LogP contribution is -2.25. The fraction of sp³-hybridized carbons (Fsp3) is 0.182. The first-order valence-corrected chi connectivity index (χ1v) is 5.37. The van der Waals surface area contributed by atoms with Gasteiger partial charge in [0.25, 0.3) is 0 Å². The number of hydrazone groups is 1. The van der Waals surface area contributed by atoms with Gasteiger partial charge in [-0.3, -0.25) is 10.2 Å². The molecule has 90 valence electrons. The van der Waals surface area contributed by atoms with Gasteiger partial charge in [0.05, 0.1) is 5.71 Å². The van der Waals surface area contributed by atoms with Gasteiger partial charge in [-0.15, -0.1) is 0 Å². The Kier molecular flexibility index (Phi) is 4.59. The fourth-order valence-corrected chi connectivity index (χ4v) is 1.25. The van der Waals surface area contributed by atoms with Crippen LogP contribution in [0.4, 0.5) is 5.69 Å². The van der Waals surface area contributed by atoms with Crippen molar-refractivity contribution < 1.29 is 4.79 Å². The molecule has 1 aromatic carbocycles. The lowest BCUT2D eigenvalue weighted by Gasteiger charge is -2.04. The number of rotatable bonds is 3. The maximum atomic E-state index is 10.8. The fourth-order valence-electron chi connectivity index (χ4n) is 1.20. The number of carbonyl (C=O) groups is 1.